The Morgan fingerprint density at radius 3 is 1.92 bits per heavy atom. The fourth-order valence-electron chi connectivity index (χ4n) is 3.89. The average Bonchev–Trinajstić information content (AvgIpc) is 3.10. The maximum Gasteiger partial charge on any atom is 0.261 e. The van der Waals surface area contributed by atoms with Crippen molar-refractivity contribution >= 4 is 18.7 Å². The van der Waals surface area contributed by atoms with Crippen molar-refractivity contribution in [2.24, 2.45) is 0 Å². The third-order valence-corrected chi connectivity index (χ3v) is 10.1. The smallest absolute Gasteiger partial charge is 0.261 e. The first-order chi connectivity index (χ1) is 11.5. The Hall–Kier alpha value is -1.42. The normalized spacial score (nSPS) is 18.7. The van der Waals surface area contributed by atoms with E-state index in [0.29, 0.717) is 6.04 Å². The molecule has 0 amide bonds. The maximum atomic E-state index is 6.93. The van der Waals surface area contributed by atoms with E-state index in [1.165, 1.54) is 23.2 Å². The molecule has 1 fully saturated rings. The quantitative estimate of drug-likeness (QED) is 0.844. The third-order valence-electron chi connectivity index (χ3n) is 5.08. The molecule has 1 aliphatic rings. The van der Waals surface area contributed by atoms with Crippen molar-refractivity contribution in [1.29, 1.82) is 0 Å². The molecule has 0 saturated carbocycles. The second-order valence-corrected chi connectivity index (χ2v) is 12.1. The number of rotatable bonds is 5. The minimum Gasteiger partial charge on any atom is -0.406 e. The van der Waals surface area contributed by atoms with E-state index >= 15 is 0 Å². The highest BCUT2D eigenvalue weighted by atomic mass is 28.4. The molecule has 3 heteroatoms. The molecule has 0 bridgehead atoms. The lowest BCUT2D eigenvalue weighted by Gasteiger charge is -2.43. The van der Waals surface area contributed by atoms with E-state index in [4.69, 9.17) is 4.43 Å². The summed E-state index contributed by atoms with van der Waals surface area (Å²) < 4.78 is 6.93. The van der Waals surface area contributed by atoms with Gasteiger partial charge in [-0.15, -0.1) is 0 Å². The van der Waals surface area contributed by atoms with Crippen LogP contribution in [-0.2, 0) is 4.43 Å². The van der Waals surface area contributed by atoms with Gasteiger partial charge in [0.1, 0.15) is 0 Å². The van der Waals surface area contributed by atoms with Crippen LogP contribution in [0.2, 0.25) is 5.04 Å². The van der Waals surface area contributed by atoms with Gasteiger partial charge in [0.05, 0.1) is 6.61 Å². The van der Waals surface area contributed by atoms with Crippen LogP contribution in [0.25, 0.3) is 0 Å². The minimum atomic E-state index is -2.36. The van der Waals surface area contributed by atoms with Crippen molar-refractivity contribution in [1.82, 2.24) is 5.32 Å². The second kappa shape index (κ2) is 7.22. The van der Waals surface area contributed by atoms with E-state index in [1.807, 2.05) is 0 Å². The van der Waals surface area contributed by atoms with Crippen LogP contribution in [0.15, 0.2) is 60.7 Å². The van der Waals surface area contributed by atoms with Gasteiger partial charge in [-0.25, -0.2) is 0 Å². The molecule has 0 radical (unpaired) electrons. The van der Waals surface area contributed by atoms with Gasteiger partial charge in [0.25, 0.3) is 8.32 Å². The van der Waals surface area contributed by atoms with Crippen molar-refractivity contribution in [3.63, 3.8) is 0 Å². The molecule has 1 N–H and O–H groups in total. The van der Waals surface area contributed by atoms with Crippen molar-refractivity contribution in [3.8, 4) is 0 Å². The summed E-state index contributed by atoms with van der Waals surface area (Å²) in [4.78, 5) is 0. The molecule has 128 valence electrons. The van der Waals surface area contributed by atoms with Gasteiger partial charge in [-0.3, -0.25) is 0 Å². The molecule has 2 aromatic carbocycles. The summed E-state index contributed by atoms with van der Waals surface area (Å²) >= 11 is 0. The van der Waals surface area contributed by atoms with Gasteiger partial charge in [0.2, 0.25) is 0 Å². The Bertz CT molecular complexity index is 590. The topological polar surface area (TPSA) is 21.3 Å². The first-order valence-corrected chi connectivity index (χ1v) is 10.9. The van der Waals surface area contributed by atoms with Crippen LogP contribution in [0.5, 0.6) is 0 Å². The molecule has 1 aliphatic heterocycles. The lowest BCUT2D eigenvalue weighted by atomic mass is 10.2. The maximum absolute atomic E-state index is 6.93. The highest BCUT2D eigenvalue weighted by Crippen LogP contribution is 2.36. The van der Waals surface area contributed by atoms with Gasteiger partial charge in [0, 0.05) is 6.04 Å². The summed E-state index contributed by atoms with van der Waals surface area (Å²) in [5.41, 5.74) is 0. The molecule has 0 aliphatic carbocycles. The molecule has 1 saturated heterocycles. The zero-order valence-electron chi connectivity index (χ0n) is 15.1. The largest absolute Gasteiger partial charge is 0.406 e. The van der Waals surface area contributed by atoms with E-state index < -0.39 is 8.32 Å². The number of hydrogen-bond donors (Lipinski definition) is 1. The van der Waals surface area contributed by atoms with E-state index in [0.717, 1.165) is 13.2 Å². The molecular weight excluding hydrogens is 310 g/mol. The number of nitrogens with one attached hydrogen (secondary N) is 1. The first kappa shape index (κ1) is 17.4. The average molecular weight is 340 g/mol. The molecule has 24 heavy (non-hydrogen) atoms. The highest BCUT2D eigenvalue weighted by molar-refractivity contribution is 6.99. The van der Waals surface area contributed by atoms with E-state index in [9.17, 15) is 0 Å². The van der Waals surface area contributed by atoms with Crippen molar-refractivity contribution < 1.29 is 4.43 Å². The van der Waals surface area contributed by atoms with Crippen molar-refractivity contribution in [3.05, 3.63) is 60.7 Å². The SMILES string of the molecule is CC(C)(C)[Si](OC[C@H]1CCCN1)(c1ccccc1)c1ccccc1. The molecule has 1 heterocycles. The summed E-state index contributed by atoms with van der Waals surface area (Å²) in [7, 11) is -2.36. The monoisotopic (exact) mass is 339 g/mol. The van der Waals surface area contributed by atoms with Crippen LogP contribution < -0.4 is 15.7 Å². The molecule has 3 rings (SSSR count). The van der Waals surface area contributed by atoms with Crippen LogP contribution in [0, 0.1) is 0 Å². The van der Waals surface area contributed by atoms with Crippen LogP contribution in [0.1, 0.15) is 33.6 Å². The summed E-state index contributed by atoms with van der Waals surface area (Å²) in [5, 5.41) is 6.37. The Balaban J connectivity index is 2.06. The molecule has 2 aromatic rings. The zero-order valence-corrected chi connectivity index (χ0v) is 16.1. The fourth-order valence-corrected chi connectivity index (χ4v) is 8.49. The standard InChI is InChI=1S/C21H29NOSi/c1-21(2,3)24(19-12-6-4-7-13-19,20-14-8-5-9-15-20)23-17-18-11-10-16-22-18/h4-9,12-15,18,22H,10-11,16-17H2,1-3H3/t18-/m1/s1. The Kier molecular flexibility index (Phi) is 5.23. The van der Waals surface area contributed by atoms with E-state index in [-0.39, 0.29) is 5.04 Å². The predicted molar refractivity (Wildman–Crippen MR) is 105 cm³/mol. The van der Waals surface area contributed by atoms with Crippen LogP contribution in [0.3, 0.4) is 0 Å². The minimum absolute atomic E-state index is 0.0638. The van der Waals surface area contributed by atoms with Crippen LogP contribution in [-0.4, -0.2) is 27.5 Å². The second-order valence-electron chi connectivity index (χ2n) is 7.77. The fraction of sp³-hybridized carbons (Fsp3) is 0.429. The van der Waals surface area contributed by atoms with Gasteiger partial charge in [-0.2, -0.15) is 0 Å². The summed E-state index contributed by atoms with van der Waals surface area (Å²) in [6.07, 6.45) is 2.48. The summed E-state index contributed by atoms with van der Waals surface area (Å²) in [6.45, 7) is 8.92. The number of benzene rings is 2. The van der Waals surface area contributed by atoms with Gasteiger partial charge in [0.15, 0.2) is 0 Å². The summed E-state index contributed by atoms with van der Waals surface area (Å²) in [5.74, 6) is 0. The predicted octanol–water partition coefficient (Wildman–Crippen LogP) is 3.32. The van der Waals surface area contributed by atoms with E-state index in [2.05, 4.69) is 86.8 Å². The molecular formula is C21H29NOSi. The summed E-state index contributed by atoms with van der Waals surface area (Å²) in [6, 6.07) is 22.3. The van der Waals surface area contributed by atoms with Gasteiger partial charge in [-0.05, 0) is 34.8 Å². The molecule has 0 aromatic heterocycles. The molecule has 2 nitrogen and oxygen atoms in total. The Morgan fingerprint density at radius 1 is 0.958 bits per heavy atom. The van der Waals surface area contributed by atoms with E-state index in [1.54, 1.807) is 0 Å². The number of hydrogen-bond acceptors (Lipinski definition) is 2. The molecule has 0 spiro atoms. The first-order valence-electron chi connectivity index (χ1n) is 9.02. The van der Waals surface area contributed by atoms with Crippen LogP contribution >= 0.6 is 0 Å². The van der Waals surface area contributed by atoms with Crippen molar-refractivity contribution in [2.45, 2.75) is 44.7 Å². The molecule has 1 atom stereocenters. The van der Waals surface area contributed by atoms with Gasteiger partial charge < -0.3 is 9.74 Å². The Labute approximate surface area is 147 Å². The highest BCUT2D eigenvalue weighted by Gasteiger charge is 2.50. The Morgan fingerprint density at radius 2 is 1.50 bits per heavy atom. The molecule has 0 unspecified atom stereocenters. The van der Waals surface area contributed by atoms with Crippen molar-refractivity contribution in [2.75, 3.05) is 13.2 Å². The van der Waals surface area contributed by atoms with Crippen LogP contribution in [0.4, 0.5) is 0 Å². The van der Waals surface area contributed by atoms with Gasteiger partial charge >= 0.3 is 0 Å². The lowest BCUT2D eigenvalue weighted by molar-refractivity contribution is 0.261. The van der Waals surface area contributed by atoms with Gasteiger partial charge in [-0.1, -0.05) is 81.4 Å². The zero-order chi connectivity index (χ0) is 17.0. The third kappa shape index (κ3) is 3.34. The lowest BCUT2D eigenvalue weighted by Crippen LogP contribution is -2.67.